The zero-order chi connectivity index (χ0) is 26.5. The molecule has 2 saturated heterocycles. The maximum Gasteiger partial charge on any atom is 0.186 e. The summed E-state index contributed by atoms with van der Waals surface area (Å²) in [5, 5.41) is 60.6. The highest BCUT2D eigenvalue weighted by atomic mass is 16.7. The van der Waals surface area contributed by atoms with E-state index in [1.165, 1.54) is 0 Å². The molecule has 36 heavy (non-hydrogen) atoms. The van der Waals surface area contributed by atoms with E-state index in [9.17, 15) is 30.6 Å². The minimum atomic E-state index is -1.39. The van der Waals surface area contributed by atoms with Crippen LogP contribution in [0.1, 0.15) is 52.4 Å². The van der Waals surface area contributed by atoms with Crippen molar-refractivity contribution in [3.05, 3.63) is 0 Å². The number of hydrogen-bond donors (Lipinski definition) is 6. The van der Waals surface area contributed by atoms with Gasteiger partial charge in [-0.1, -0.05) is 26.7 Å². The molecule has 0 amide bonds. The highest BCUT2D eigenvalue weighted by molar-refractivity contribution is 4.90. The van der Waals surface area contributed by atoms with E-state index in [2.05, 4.69) is 0 Å². The fraction of sp³-hybridized carbons (Fsp3) is 1.00. The molecule has 214 valence electrons. The first-order valence-corrected chi connectivity index (χ1v) is 13.1. The molecule has 12 nitrogen and oxygen atoms in total. The summed E-state index contributed by atoms with van der Waals surface area (Å²) >= 11 is 0. The summed E-state index contributed by atoms with van der Waals surface area (Å²) in [6.45, 7) is 5.54. The molecule has 2 rings (SSSR count). The zero-order valence-corrected chi connectivity index (χ0v) is 21.4. The van der Waals surface area contributed by atoms with Crippen molar-refractivity contribution in [3.8, 4) is 0 Å². The molecule has 0 saturated carbocycles. The highest BCUT2D eigenvalue weighted by Gasteiger charge is 2.45. The SMILES string of the molecule is CCCCO[C@H]1O[C@H](COCCCCOC[C@H]2O[C@H](OCCCC)[C@H](O)[C@@H](O)[C@@H]2O)[C@@H](O)[C@H](O)[C@H]1O. The fourth-order valence-corrected chi connectivity index (χ4v) is 3.88. The van der Waals surface area contributed by atoms with Gasteiger partial charge in [-0.2, -0.15) is 0 Å². The summed E-state index contributed by atoms with van der Waals surface area (Å²) in [4.78, 5) is 0. The van der Waals surface area contributed by atoms with Gasteiger partial charge in [0.05, 0.1) is 13.2 Å². The quantitative estimate of drug-likeness (QED) is 0.128. The van der Waals surface area contributed by atoms with E-state index in [-0.39, 0.29) is 13.2 Å². The Morgan fingerprint density at radius 1 is 0.500 bits per heavy atom. The minimum Gasteiger partial charge on any atom is -0.387 e. The van der Waals surface area contributed by atoms with Crippen LogP contribution in [0.2, 0.25) is 0 Å². The smallest absolute Gasteiger partial charge is 0.186 e. The lowest BCUT2D eigenvalue weighted by molar-refractivity contribution is -0.303. The highest BCUT2D eigenvalue weighted by Crippen LogP contribution is 2.24. The molecule has 2 fully saturated rings. The predicted octanol–water partition coefficient (Wildman–Crippen LogP) is -0.952. The number of unbranched alkanes of at least 4 members (excludes halogenated alkanes) is 3. The molecule has 0 radical (unpaired) electrons. The summed E-state index contributed by atoms with van der Waals surface area (Å²) in [6.07, 6.45) is -7.04. The van der Waals surface area contributed by atoms with Crippen LogP contribution >= 0.6 is 0 Å². The Morgan fingerprint density at radius 3 is 1.25 bits per heavy atom. The van der Waals surface area contributed by atoms with E-state index in [1.54, 1.807) is 0 Å². The first kappa shape index (κ1) is 31.7. The monoisotopic (exact) mass is 526 g/mol. The minimum absolute atomic E-state index is 0.0290. The van der Waals surface area contributed by atoms with E-state index in [0.717, 1.165) is 25.7 Å². The second-order valence-corrected chi connectivity index (χ2v) is 9.34. The largest absolute Gasteiger partial charge is 0.387 e. The molecule has 0 bridgehead atoms. The molecule has 0 aromatic carbocycles. The molecule has 0 aromatic heterocycles. The number of aliphatic hydroxyl groups is 6. The van der Waals surface area contributed by atoms with Crippen LogP contribution in [0.4, 0.5) is 0 Å². The number of aliphatic hydroxyl groups excluding tert-OH is 6. The molecule has 0 spiro atoms. The molecule has 2 heterocycles. The number of rotatable bonds is 17. The van der Waals surface area contributed by atoms with Crippen LogP contribution in [0.25, 0.3) is 0 Å². The van der Waals surface area contributed by atoms with Crippen LogP contribution in [-0.2, 0) is 28.4 Å². The van der Waals surface area contributed by atoms with Gasteiger partial charge in [-0.05, 0) is 25.7 Å². The van der Waals surface area contributed by atoms with E-state index in [1.807, 2.05) is 13.8 Å². The van der Waals surface area contributed by atoms with Gasteiger partial charge in [0.1, 0.15) is 48.8 Å². The molecule has 2 aliphatic rings. The Labute approximate surface area is 213 Å². The number of ether oxygens (including phenoxy) is 6. The van der Waals surface area contributed by atoms with Gasteiger partial charge in [0.2, 0.25) is 0 Å². The standard InChI is InChI=1S/C24H46O12/c1-3-5-11-33-23-21(29)19(27)17(25)15(35-23)13-31-9-7-8-10-32-14-16-18(26)20(28)22(30)24(36-16)34-12-6-4-2/h15-30H,3-14H2,1-2H3/t15-,16-,17-,18-,19+,20+,21-,22-,23+,24+/m1/s1. The van der Waals surface area contributed by atoms with Crippen molar-refractivity contribution in [1.29, 1.82) is 0 Å². The molecule has 2 aliphatic heterocycles. The molecule has 0 aromatic rings. The average molecular weight is 527 g/mol. The lowest BCUT2D eigenvalue weighted by Crippen LogP contribution is -2.59. The molecule has 6 N–H and O–H groups in total. The van der Waals surface area contributed by atoms with Crippen LogP contribution in [0.5, 0.6) is 0 Å². The second kappa shape index (κ2) is 17.2. The third-order valence-corrected chi connectivity index (χ3v) is 6.29. The first-order chi connectivity index (χ1) is 17.3. The van der Waals surface area contributed by atoms with Gasteiger partial charge in [-0.3, -0.25) is 0 Å². The Balaban J connectivity index is 1.61. The summed E-state index contributed by atoms with van der Waals surface area (Å²) in [5.41, 5.74) is 0. The van der Waals surface area contributed by atoms with Crippen molar-refractivity contribution in [2.75, 3.05) is 39.6 Å². The second-order valence-electron chi connectivity index (χ2n) is 9.34. The van der Waals surface area contributed by atoms with E-state index < -0.39 is 61.4 Å². The van der Waals surface area contributed by atoms with Gasteiger partial charge < -0.3 is 59.1 Å². The topological polar surface area (TPSA) is 177 Å². The third kappa shape index (κ3) is 9.68. The van der Waals surface area contributed by atoms with Crippen molar-refractivity contribution < 1.29 is 59.1 Å². The van der Waals surface area contributed by atoms with E-state index in [4.69, 9.17) is 28.4 Å². The molecule has 10 atom stereocenters. The predicted molar refractivity (Wildman–Crippen MR) is 126 cm³/mol. The van der Waals surface area contributed by atoms with Crippen molar-refractivity contribution in [2.24, 2.45) is 0 Å². The normalized spacial score (nSPS) is 37.3. The maximum atomic E-state index is 10.2. The third-order valence-electron chi connectivity index (χ3n) is 6.29. The van der Waals surface area contributed by atoms with Gasteiger partial charge in [0, 0.05) is 26.4 Å². The van der Waals surface area contributed by atoms with Crippen molar-refractivity contribution >= 4 is 0 Å². The molecule has 12 heteroatoms. The van der Waals surface area contributed by atoms with Crippen LogP contribution in [-0.4, -0.2) is 132 Å². The Kier molecular flexibility index (Phi) is 15.1. The summed E-state index contributed by atoms with van der Waals surface area (Å²) in [6, 6.07) is 0. The van der Waals surface area contributed by atoms with Crippen LogP contribution in [0.3, 0.4) is 0 Å². The van der Waals surface area contributed by atoms with E-state index >= 15 is 0 Å². The van der Waals surface area contributed by atoms with Gasteiger partial charge in [0.25, 0.3) is 0 Å². The summed E-state index contributed by atoms with van der Waals surface area (Å²) in [5.74, 6) is 0. The van der Waals surface area contributed by atoms with Crippen LogP contribution in [0, 0.1) is 0 Å². The lowest BCUT2D eigenvalue weighted by atomic mass is 9.99. The van der Waals surface area contributed by atoms with Gasteiger partial charge >= 0.3 is 0 Å². The van der Waals surface area contributed by atoms with Crippen LogP contribution < -0.4 is 0 Å². The molecule has 0 aliphatic carbocycles. The van der Waals surface area contributed by atoms with Crippen molar-refractivity contribution in [3.63, 3.8) is 0 Å². The maximum absolute atomic E-state index is 10.2. The first-order valence-electron chi connectivity index (χ1n) is 13.1. The molecular weight excluding hydrogens is 480 g/mol. The molecular formula is C24H46O12. The Hall–Kier alpha value is -0.480. The summed E-state index contributed by atoms with van der Waals surface area (Å²) in [7, 11) is 0. The zero-order valence-electron chi connectivity index (χ0n) is 21.4. The van der Waals surface area contributed by atoms with Crippen LogP contribution in [0.15, 0.2) is 0 Å². The lowest BCUT2D eigenvalue weighted by Gasteiger charge is -2.40. The van der Waals surface area contributed by atoms with Gasteiger partial charge in [-0.25, -0.2) is 0 Å². The van der Waals surface area contributed by atoms with Crippen molar-refractivity contribution in [2.45, 2.75) is 114 Å². The van der Waals surface area contributed by atoms with Gasteiger partial charge in [0.15, 0.2) is 12.6 Å². The average Bonchev–Trinajstić information content (AvgIpc) is 2.87. The number of hydrogen-bond acceptors (Lipinski definition) is 12. The Morgan fingerprint density at radius 2 is 0.889 bits per heavy atom. The van der Waals surface area contributed by atoms with Crippen molar-refractivity contribution in [1.82, 2.24) is 0 Å². The summed E-state index contributed by atoms with van der Waals surface area (Å²) < 4.78 is 33.3. The van der Waals surface area contributed by atoms with E-state index in [0.29, 0.717) is 39.3 Å². The fourth-order valence-electron chi connectivity index (χ4n) is 3.88. The van der Waals surface area contributed by atoms with Gasteiger partial charge in [-0.15, -0.1) is 0 Å². The molecule has 0 unspecified atom stereocenters. The Bertz CT molecular complexity index is 521.